The van der Waals surface area contributed by atoms with E-state index in [9.17, 15) is 4.79 Å². The van der Waals surface area contributed by atoms with Crippen LogP contribution in [-0.2, 0) is 4.79 Å². The third-order valence-corrected chi connectivity index (χ3v) is 3.01. The van der Waals surface area contributed by atoms with E-state index in [1.807, 2.05) is 13.0 Å². The number of alkyl halides is 1. The lowest BCUT2D eigenvalue weighted by molar-refractivity contribution is -0.125. The summed E-state index contributed by atoms with van der Waals surface area (Å²) in [6.07, 6.45) is 0.615. The van der Waals surface area contributed by atoms with E-state index in [1.165, 1.54) is 0 Å². The van der Waals surface area contributed by atoms with Crippen molar-refractivity contribution in [3.63, 3.8) is 0 Å². The van der Waals surface area contributed by atoms with Crippen molar-refractivity contribution in [1.82, 2.24) is 5.32 Å². The Morgan fingerprint density at radius 3 is 3.00 bits per heavy atom. The zero-order valence-electron chi connectivity index (χ0n) is 6.17. The van der Waals surface area contributed by atoms with Crippen LogP contribution in [0.2, 0.25) is 0 Å². The second-order valence-corrected chi connectivity index (χ2v) is 3.91. The quantitative estimate of drug-likeness (QED) is 0.610. The molecule has 0 aromatic rings. The number of hydrogen-bond donors (Lipinski definition) is 1. The lowest BCUT2D eigenvalue weighted by Crippen LogP contribution is -2.48. The Hall–Kier alpha value is -0.560. The monoisotopic (exact) mass is 216 g/mol. The Labute approximate surface area is 73.9 Å². The summed E-state index contributed by atoms with van der Waals surface area (Å²) in [4.78, 5) is 11.3. The van der Waals surface area contributed by atoms with Gasteiger partial charge in [0.05, 0.1) is 6.07 Å². The van der Waals surface area contributed by atoms with E-state index in [0.717, 1.165) is 0 Å². The normalized spacial score (nSPS) is 37.5. The van der Waals surface area contributed by atoms with Gasteiger partial charge in [-0.25, -0.2) is 0 Å². The number of carbonyl (C=O) groups excluding carboxylic acids is 1. The molecule has 1 saturated heterocycles. The molecule has 1 aliphatic rings. The van der Waals surface area contributed by atoms with Crippen molar-refractivity contribution in [2.75, 3.05) is 0 Å². The zero-order valence-corrected chi connectivity index (χ0v) is 7.76. The lowest BCUT2D eigenvalue weighted by Gasteiger charge is -2.27. The molecule has 0 radical (unpaired) electrons. The minimum Gasteiger partial charge on any atom is -0.351 e. The molecule has 1 N–H and O–H groups in total. The van der Waals surface area contributed by atoms with E-state index in [2.05, 4.69) is 21.2 Å². The second-order valence-electron chi connectivity index (χ2n) is 2.73. The summed E-state index contributed by atoms with van der Waals surface area (Å²) in [6, 6.07) is 2.09. The van der Waals surface area contributed by atoms with Crippen molar-refractivity contribution in [3.8, 4) is 6.07 Å². The fourth-order valence-electron chi connectivity index (χ4n) is 1.06. The highest BCUT2D eigenvalue weighted by atomic mass is 79.9. The average Bonchev–Trinajstić information content (AvgIpc) is 1.97. The molecule has 1 rings (SSSR count). The summed E-state index contributed by atoms with van der Waals surface area (Å²) in [7, 11) is 0. The molecule has 11 heavy (non-hydrogen) atoms. The molecule has 3 unspecified atom stereocenters. The van der Waals surface area contributed by atoms with Gasteiger partial charge < -0.3 is 5.32 Å². The average molecular weight is 217 g/mol. The third-order valence-electron chi connectivity index (χ3n) is 1.85. The highest BCUT2D eigenvalue weighted by Crippen LogP contribution is 2.21. The van der Waals surface area contributed by atoms with Gasteiger partial charge in [-0.15, -0.1) is 0 Å². The van der Waals surface area contributed by atoms with Crippen LogP contribution in [0.15, 0.2) is 0 Å². The number of rotatable bonds is 0. The van der Waals surface area contributed by atoms with Crippen LogP contribution >= 0.6 is 15.9 Å². The van der Waals surface area contributed by atoms with Gasteiger partial charge in [-0.2, -0.15) is 5.26 Å². The first kappa shape index (κ1) is 8.54. The van der Waals surface area contributed by atoms with Crippen molar-refractivity contribution >= 4 is 21.8 Å². The number of piperidine rings is 1. The molecular weight excluding hydrogens is 208 g/mol. The minimum atomic E-state index is -0.476. The largest absolute Gasteiger partial charge is 0.351 e. The van der Waals surface area contributed by atoms with Crippen LogP contribution in [0, 0.1) is 17.2 Å². The van der Waals surface area contributed by atoms with Gasteiger partial charge in [0.2, 0.25) is 5.91 Å². The molecule has 1 heterocycles. The second kappa shape index (κ2) is 3.22. The smallest absolute Gasteiger partial charge is 0.237 e. The van der Waals surface area contributed by atoms with Gasteiger partial charge in [0.1, 0.15) is 5.92 Å². The minimum absolute atomic E-state index is 0.132. The topological polar surface area (TPSA) is 52.9 Å². The number of nitrogens with zero attached hydrogens (tertiary/aromatic N) is 1. The number of amides is 1. The molecule has 0 saturated carbocycles. The first-order chi connectivity index (χ1) is 5.15. The molecule has 3 atom stereocenters. The number of nitrogens with one attached hydrogen (secondary N) is 1. The Kier molecular flexibility index (Phi) is 2.50. The predicted octanol–water partition coefficient (Wildman–Crippen LogP) is 0.798. The fourth-order valence-corrected chi connectivity index (χ4v) is 1.57. The molecule has 0 aliphatic carbocycles. The molecule has 0 aromatic heterocycles. The summed E-state index contributed by atoms with van der Waals surface area (Å²) in [5.74, 6) is -0.619. The highest BCUT2D eigenvalue weighted by molar-refractivity contribution is 9.09. The zero-order chi connectivity index (χ0) is 8.43. The predicted molar refractivity (Wildman–Crippen MR) is 44.0 cm³/mol. The molecule has 1 amide bonds. The van der Waals surface area contributed by atoms with E-state index in [-0.39, 0.29) is 16.8 Å². The number of halogens is 1. The van der Waals surface area contributed by atoms with E-state index in [0.29, 0.717) is 6.42 Å². The summed E-state index contributed by atoms with van der Waals surface area (Å²) in [5, 5.41) is 11.3. The van der Waals surface area contributed by atoms with Gasteiger partial charge in [-0.05, 0) is 13.3 Å². The van der Waals surface area contributed by atoms with Gasteiger partial charge in [0.15, 0.2) is 0 Å². The van der Waals surface area contributed by atoms with Crippen LogP contribution in [0.5, 0.6) is 0 Å². The number of carbonyl (C=O) groups is 1. The summed E-state index contributed by atoms with van der Waals surface area (Å²) in [5.41, 5.74) is 0. The molecule has 1 fully saturated rings. The lowest BCUT2D eigenvalue weighted by atomic mass is 9.96. The molecule has 1 aliphatic heterocycles. The Morgan fingerprint density at radius 1 is 1.82 bits per heavy atom. The molecule has 0 aromatic carbocycles. The van der Waals surface area contributed by atoms with Crippen LogP contribution in [0.3, 0.4) is 0 Å². The third kappa shape index (κ3) is 1.72. The molecule has 0 spiro atoms. The van der Waals surface area contributed by atoms with Gasteiger partial charge >= 0.3 is 0 Å². The maximum absolute atomic E-state index is 11.0. The Balaban J connectivity index is 2.64. The van der Waals surface area contributed by atoms with E-state index < -0.39 is 5.92 Å². The van der Waals surface area contributed by atoms with E-state index in [4.69, 9.17) is 5.26 Å². The number of nitriles is 1. The molecule has 4 heteroatoms. The van der Waals surface area contributed by atoms with Crippen molar-refractivity contribution in [2.24, 2.45) is 5.92 Å². The Bertz CT molecular complexity index is 211. The number of hydrogen-bond acceptors (Lipinski definition) is 2. The highest BCUT2D eigenvalue weighted by Gasteiger charge is 2.31. The maximum atomic E-state index is 11.0. The van der Waals surface area contributed by atoms with E-state index >= 15 is 0 Å². The van der Waals surface area contributed by atoms with Gasteiger partial charge in [-0.3, -0.25) is 4.79 Å². The summed E-state index contributed by atoms with van der Waals surface area (Å²) < 4.78 is 0. The standard InChI is InChI=1S/C7H9BrN2O/c1-4-6(8)2-5(3-9)7(11)10-4/h4-6H,2H2,1H3,(H,10,11). The van der Waals surface area contributed by atoms with Gasteiger partial charge in [-0.1, -0.05) is 15.9 Å². The first-order valence-corrected chi connectivity index (χ1v) is 4.40. The molecule has 60 valence electrons. The van der Waals surface area contributed by atoms with Crippen LogP contribution < -0.4 is 5.32 Å². The van der Waals surface area contributed by atoms with Crippen molar-refractivity contribution < 1.29 is 4.79 Å². The summed E-state index contributed by atoms with van der Waals surface area (Å²) >= 11 is 3.40. The maximum Gasteiger partial charge on any atom is 0.237 e. The first-order valence-electron chi connectivity index (χ1n) is 3.49. The molecular formula is C7H9BrN2O. The van der Waals surface area contributed by atoms with Crippen molar-refractivity contribution in [2.45, 2.75) is 24.2 Å². The molecule has 3 nitrogen and oxygen atoms in total. The van der Waals surface area contributed by atoms with E-state index in [1.54, 1.807) is 0 Å². The Morgan fingerprint density at radius 2 is 2.45 bits per heavy atom. The van der Waals surface area contributed by atoms with Crippen LogP contribution in [-0.4, -0.2) is 16.8 Å². The van der Waals surface area contributed by atoms with Gasteiger partial charge in [0.25, 0.3) is 0 Å². The van der Waals surface area contributed by atoms with Crippen molar-refractivity contribution in [3.05, 3.63) is 0 Å². The van der Waals surface area contributed by atoms with Crippen LogP contribution in [0.25, 0.3) is 0 Å². The van der Waals surface area contributed by atoms with Crippen LogP contribution in [0.1, 0.15) is 13.3 Å². The van der Waals surface area contributed by atoms with Crippen molar-refractivity contribution in [1.29, 1.82) is 5.26 Å². The van der Waals surface area contributed by atoms with Gasteiger partial charge in [0, 0.05) is 10.9 Å². The molecule has 0 bridgehead atoms. The fraction of sp³-hybridized carbons (Fsp3) is 0.714. The summed E-state index contributed by atoms with van der Waals surface area (Å²) in [6.45, 7) is 1.92. The SMILES string of the molecule is CC1NC(=O)C(C#N)CC1Br. The van der Waals surface area contributed by atoms with Crippen LogP contribution in [0.4, 0.5) is 0 Å².